The highest BCUT2D eigenvalue weighted by molar-refractivity contribution is 5.74. The Morgan fingerprint density at radius 2 is 1.88 bits per heavy atom. The molecule has 1 aromatic rings. The Bertz CT molecular complexity index is 673. The highest BCUT2D eigenvalue weighted by Gasteiger charge is 2.21. The molecule has 32 heavy (non-hydrogen) atoms. The molecule has 1 aliphatic carbocycles. The van der Waals surface area contributed by atoms with E-state index in [0.717, 1.165) is 24.9 Å². The topological polar surface area (TPSA) is 88.1 Å². The van der Waals surface area contributed by atoms with Gasteiger partial charge in [0.05, 0.1) is 6.54 Å². The largest absolute Gasteiger partial charge is 0.492 e. The van der Waals surface area contributed by atoms with Crippen LogP contribution in [0.1, 0.15) is 64.4 Å². The Labute approximate surface area is 192 Å². The number of rotatable bonds is 14. The van der Waals surface area contributed by atoms with Crippen LogP contribution in [0.4, 0.5) is 4.79 Å². The minimum Gasteiger partial charge on any atom is -0.492 e. The summed E-state index contributed by atoms with van der Waals surface area (Å²) in [4.78, 5) is 25.9. The Morgan fingerprint density at radius 3 is 2.50 bits per heavy atom. The van der Waals surface area contributed by atoms with Gasteiger partial charge in [0.2, 0.25) is 0 Å². The number of hydrogen-bond donors (Lipinski definition) is 2. The third-order valence-corrected chi connectivity index (χ3v) is 5.91. The molecule has 7 nitrogen and oxygen atoms in total. The number of nitrogens with zero attached hydrogens (tertiary/aromatic N) is 1. The lowest BCUT2D eigenvalue weighted by Gasteiger charge is -2.30. The fourth-order valence-corrected chi connectivity index (χ4v) is 4.07. The van der Waals surface area contributed by atoms with E-state index >= 15 is 0 Å². The maximum Gasteiger partial charge on any atom is 0.333 e. The number of carboxylic acids is 1. The van der Waals surface area contributed by atoms with Crippen molar-refractivity contribution in [3.8, 4) is 5.75 Å². The Morgan fingerprint density at radius 1 is 1.16 bits per heavy atom. The maximum atomic E-state index is 12.7. The second-order valence-electron chi connectivity index (χ2n) is 8.51. The van der Waals surface area contributed by atoms with Gasteiger partial charge in [0.1, 0.15) is 12.4 Å². The molecule has 180 valence electrons. The van der Waals surface area contributed by atoms with Gasteiger partial charge in [-0.2, -0.15) is 0 Å². The van der Waals surface area contributed by atoms with Crippen molar-refractivity contribution in [3.63, 3.8) is 0 Å². The SMILES string of the molecule is CCCCNC(=O)N(CCOc1ccc(CC(OCC)C(=O)O)cc1)CC1CCCCC1. The summed E-state index contributed by atoms with van der Waals surface area (Å²) in [6.45, 7) is 6.72. The van der Waals surface area contributed by atoms with Crippen LogP contribution in [0.5, 0.6) is 5.75 Å². The average molecular weight is 449 g/mol. The lowest BCUT2D eigenvalue weighted by molar-refractivity contribution is -0.149. The minimum atomic E-state index is -0.956. The van der Waals surface area contributed by atoms with Gasteiger partial charge in [-0.25, -0.2) is 9.59 Å². The van der Waals surface area contributed by atoms with Crippen LogP contribution in [-0.2, 0) is 16.0 Å². The first-order valence-electron chi connectivity index (χ1n) is 12.1. The van der Waals surface area contributed by atoms with E-state index in [1.54, 1.807) is 6.92 Å². The molecule has 0 spiro atoms. The number of benzene rings is 1. The predicted octanol–water partition coefficient (Wildman–Crippen LogP) is 4.49. The summed E-state index contributed by atoms with van der Waals surface area (Å²) < 4.78 is 11.2. The quantitative estimate of drug-likeness (QED) is 0.410. The second kappa shape index (κ2) is 14.7. The van der Waals surface area contributed by atoms with Crippen molar-refractivity contribution < 1.29 is 24.2 Å². The van der Waals surface area contributed by atoms with Crippen LogP contribution in [0.25, 0.3) is 0 Å². The monoisotopic (exact) mass is 448 g/mol. The summed E-state index contributed by atoms with van der Waals surface area (Å²) in [6, 6.07) is 7.40. The van der Waals surface area contributed by atoms with Gasteiger partial charge in [0, 0.05) is 26.1 Å². The lowest BCUT2D eigenvalue weighted by Crippen LogP contribution is -2.45. The molecule has 2 amide bonds. The zero-order valence-corrected chi connectivity index (χ0v) is 19.7. The number of urea groups is 1. The van der Waals surface area contributed by atoms with Crippen LogP contribution in [-0.4, -0.2) is 61.0 Å². The van der Waals surface area contributed by atoms with Crippen LogP contribution >= 0.6 is 0 Å². The molecule has 7 heteroatoms. The van der Waals surface area contributed by atoms with E-state index < -0.39 is 12.1 Å². The molecule has 1 aromatic carbocycles. The fraction of sp³-hybridized carbons (Fsp3) is 0.680. The number of carbonyl (C=O) groups is 2. The van der Waals surface area contributed by atoms with Gasteiger partial charge < -0.3 is 24.8 Å². The van der Waals surface area contributed by atoms with Gasteiger partial charge in [-0.1, -0.05) is 44.7 Å². The van der Waals surface area contributed by atoms with E-state index in [-0.39, 0.29) is 6.03 Å². The van der Waals surface area contributed by atoms with Gasteiger partial charge in [0.25, 0.3) is 0 Å². The molecule has 1 atom stereocenters. The molecular weight excluding hydrogens is 408 g/mol. The van der Waals surface area contributed by atoms with Crippen molar-refractivity contribution in [2.24, 2.45) is 5.92 Å². The van der Waals surface area contributed by atoms with Gasteiger partial charge >= 0.3 is 12.0 Å². The normalized spacial score (nSPS) is 15.2. The van der Waals surface area contributed by atoms with Crippen molar-refractivity contribution in [3.05, 3.63) is 29.8 Å². The number of ether oxygens (including phenoxy) is 2. The third-order valence-electron chi connectivity index (χ3n) is 5.91. The molecule has 0 radical (unpaired) electrons. The zero-order chi connectivity index (χ0) is 23.2. The van der Waals surface area contributed by atoms with Crippen molar-refractivity contribution in [1.82, 2.24) is 10.2 Å². The van der Waals surface area contributed by atoms with Gasteiger partial charge in [-0.15, -0.1) is 0 Å². The second-order valence-corrected chi connectivity index (χ2v) is 8.51. The summed E-state index contributed by atoms with van der Waals surface area (Å²) >= 11 is 0. The highest BCUT2D eigenvalue weighted by atomic mass is 16.5. The summed E-state index contributed by atoms with van der Waals surface area (Å²) in [5.41, 5.74) is 0.882. The molecule has 0 saturated heterocycles. The number of carboxylic acid groups (broad SMARTS) is 1. The van der Waals surface area contributed by atoms with Crippen molar-refractivity contribution >= 4 is 12.0 Å². The van der Waals surface area contributed by atoms with Crippen molar-refractivity contribution in [1.29, 1.82) is 0 Å². The Hall–Kier alpha value is -2.28. The maximum absolute atomic E-state index is 12.7. The van der Waals surface area contributed by atoms with Crippen molar-refractivity contribution in [2.75, 3.05) is 32.8 Å². The zero-order valence-electron chi connectivity index (χ0n) is 19.7. The summed E-state index contributed by atoms with van der Waals surface area (Å²) in [7, 11) is 0. The van der Waals surface area contributed by atoms with Gasteiger partial charge in [-0.05, 0) is 49.8 Å². The van der Waals surface area contributed by atoms with E-state index in [9.17, 15) is 14.7 Å². The molecule has 1 saturated carbocycles. The predicted molar refractivity (Wildman–Crippen MR) is 125 cm³/mol. The fourth-order valence-electron chi connectivity index (χ4n) is 4.07. The number of nitrogens with one attached hydrogen (secondary N) is 1. The van der Waals surface area contributed by atoms with Crippen LogP contribution < -0.4 is 10.1 Å². The van der Waals surface area contributed by atoms with Crippen LogP contribution in [0.3, 0.4) is 0 Å². The molecule has 1 aliphatic rings. The number of unbranched alkanes of at least 4 members (excludes halogenated alkanes) is 1. The highest BCUT2D eigenvalue weighted by Crippen LogP contribution is 2.24. The summed E-state index contributed by atoms with van der Waals surface area (Å²) in [5.74, 6) is 0.330. The average Bonchev–Trinajstić information content (AvgIpc) is 2.80. The molecule has 1 unspecified atom stereocenters. The molecule has 0 heterocycles. The number of aliphatic carboxylic acids is 1. The minimum absolute atomic E-state index is 0.00129. The van der Waals surface area contributed by atoms with Crippen molar-refractivity contribution in [2.45, 2.75) is 71.3 Å². The van der Waals surface area contributed by atoms with Gasteiger partial charge in [-0.3, -0.25) is 0 Å². The lowest BCUT2D eigenvalue weighted by atomic mass is 9.89. The third kappa shape index (κ3) is 9.47. The molecule has 1 fully saturated rings. The molecular formula is C25H40N2O5. The first-order chi connectivity index (χ1) is 15.5. The van der Waals surface area contributed by atoms with Crippen LogP contribution in [0.2, 0.25) is 0 Å². The first kappa shape index (κ1) is 26.0. The molecule has 2 N–H and O–H groups in total. The van der Waals surface area contributed by atoms with E-state index in [4.69, 9.17) is 9.47 Å². The molecule has 0 aliphatic heterocycles. The van der Waals surface area contributed by atoms with E-state index in [2.05, 4.69) is 12.2 Å². The Balaban J connectivity index is 1.85. The number of amides is 2. The van der Waals surface area contributed by atoms with Crippen LogP contribution in [0, 0.1) is 5.92 Å². The Kier molecular flexibility index (Phi) is 11.9. The number of carbonyl (C=O) groups excluding carboxylic acids is 1. The van der Waals surface area contributed by atoms with E-state index in [1.165, 1.54) is 32.1 Å². The summed E-state index contributed by atoms with van der Waals surface area (Å²) in [5, 5.41) is 12.3. The molecule has 2 rings (SSSR count). The standard InChI is InChI=1S/C25H40N2O5/c1-3-5-15-26-25(30)27(19-21-9-7-6-8-10-21)16-17-32-22-13-11-20(12-14-22)18-23(24(28)29)31-4-2/h11-14,21,23H,3-10,15-19H2,1-2H3,(H,26,30)(H,28,29). The van der Waals surface area contributed by atoms with E-state index in [0.29, 0.717) is 44.4 Å². The first-order valence-corrected chi connectivity index (χ1v) is 12.1. The molecule has 0 aromatic heterocycles. The van der Waals surface area contributed by atoms with Gasteiger partial charge in [0.15, 0.2) is 6.10 Å². The molecule has 0 bridgehead atoms. The number of hydrogen-bond acceptors (Lipinski definition) is 4. The van der Waals surface area contributed by atoms with Crippen LogP contribution in [0.15, 0.2) is 24.3 Å². The smallest absolute Gasteiger partial charge is 0.333 e. The van der Waals surface area contributed by atoms with E-state index in [1.807, 2.05) is 29.2 Å². The summed E-state index contributed by atoms with van der Waals surface area (Å²) in [6.07, 6.45) is 7.71.